The van der Waals surface area contributed by atoms with Crippen molar-refractivity contribution >= 4 is 103 Å². The predicted octanol–water partition coefficient (Wildman–Crippen LogP) is 11.3. The summed E-state index contributed by atoms with van der Waals surface area (Å²) in [6.45, 7) is 4.32. The Bertz CT molecular complexity index is 1300. The van der Waals surface area contributed by atoms with Crippen molar-refractivity contribution in [3.05, 3.63) is 40.2 Å². The minimum Gasteiger partial charge on any atom is -0.143 e. The number of nitrogens with zero attached hydrogens (tertiary/aromatic N) is 4. The fraction of sp³-hybridized carbons (Fsp3) is 0.417. The van der Waals surface area contributed by atoms with E-state index in [1.54, 1.807) is 0 Å². The second kappa shape index (κ2) is 12.6. The third-order valence-corrected chi connectivity index (χ3v) is 10.2. The highest BCUT2D eigenvalue weighted by atomic mass is 35.5. The number of aromatic nitrogens is 4. The van der Waals surface area contributed by atoms with Crippen LogP contribution in [-0.4, -0.2) is 20.4 Å². The number of rotatable bonds is 10. The summed E-state index contributed by atoms with van der Waals surface area (Å²) < 4.78 is 0. The molecule has 2 aromatic carbocycles. The molecule has 4 aromatic rings. The van der Waals surface area contributed by atoms with Gasteiger partial charge in [0, 0.05) is 23.6 Å². The quantitative estimate of drug-likeness (QED) is 0.128. The first-order chi connectivity index (χ1) is 17.3. The standard InChI is InChI=1S/C24H22Cl6N4S2/c1-3-5-7-9-11-31-33-23(35-11)15-17(25)13-14(19(27)21(15)29)20(28)22(30)16(18(13)26)24-34-32-12(36-24)10-8-6-4-2/h3-10H2,1-2H3. The normalized spacial score (nSPS) is 11.7. The Hall–Kier alpha value is -0.440. The minimum absolute atomic E-state index is 0.201. The highest BCUT2D eigenvalue weighted by Gasteiger charge is 2.28. The Kier molecular flexibility index (Phi) is 10.0. The molecule has 12 heteroatoms. The second-order valence-corrected chi connectivity index (χ2v) is 12.7. The average Bonchev–Trinajstić information content (AvgIpc) is 3.51. The summed E-state index contributed by atoms with van der Waals surface area (Å²) in [4.78, 5) is 0. The molecule has 0 aliphatic carbocycles. The summed E-state index contributed by atoms with van der Waals surface area (Å²) in [5.74, 6) is 0. The van der Waals surface area contributed by atoms with E-state index in [9.17, 15) is 0 Å². The Balaban J connectivity index is 1.86. The maximum Gasteiger partial charge on any atom is 0.150 e. The van der Waals surface area contributed by atoms with Crippen molar-refractivity contribution in [2.75, 3.05) is 0 Å². The van der Waals surface area contributed by atoms with Gasteiger partial charge in [0.1, 0.15) is 10.0 Å². The summed E-state index contributed by atoms with van der Waals surface area (Å²) in [5, 5.41) is 22.5. The average molecular weight is 643 g/mol. The zero-order chi connectivity index (χ0) is 26.0. The van der Waals surface area contributed by atoms with Gasteiger partial charge < -0.3 is 0 Å². The molecule has 0 atom stereocenters. The van der Waals surface area contributed by atoms with Crippen LogP contribution >= 0.6 is 92.3 Å². The van der Waals surface area contributed by atoms with E-state index in [0.29, 0.717) is 31.9 Å². The van der Waals surface area contributed by atoms with Crippen molar-refractivity contribution in [3.63, 3.8) is 0 Å². The van der Waals surface area contributed by atoms with Crippen LogP contribution < -0.4 is 0 Å². The molecule has 4 rings (SSSR count). The van der Waals surface area contributed by atoms with Crippen LogP contribution in [0, 0.1) is 0 Å². The van der Waals surface area contributed by atoms with E-state index in [4.69, 9.17) is 69.6 Å². The second-order valence-electron chi connectivity index (χ2n) is 8.30. The third-order valence-electron chi connectivity index (χ3n) is 5.74. The lowest BCUT2D eigenvalue weighted by Gasteiger charge is -2.17. The van der Waals surface area contributed by atoms with Gasteiger partial charge in [-0.3, -0.25) is 0 Å². The van der Waals surface area contributed by atoms with Crippen LogP contribution in [0.3, 0.4) is 0 Å². The monoisotopic (exact) mass is 640 g/mol. The fourth-order valence-electron chi connectivity index (χ4n) is 3.85. The molecule has 0 amide bonds. The maximum atomic E-state index is 6.95. The molecule has 2 aromatic heterocycles. The molecule has 0 saturated heterocycles. The van der Waals surface area contributed by atoms with E-state index >= 15 is 0 Å². The molecular weight excluding hydrogens is 621 g/mol. The van der Waals surface area contributed by atoms with Gasteiger partial charge in [-0.25, -0.2) is 0 Å². The summed E-state index contributed by atoms with van der Waals surface area (Å²) in [7, 11) is 0. The van der Waals surface area contributed by atoms with Crippen molar-refractivity contribution in [1.29, 1.82) is 0 Å². The molecule has 0 radical (unpaired) electrons. The fourth-order valence-corrected chi connectivity index (χ4v) is 8.02. The first kappa shape index (κ1) is 28.6. The van der Waals surface area contributed by atoms with Crippen LogP contribution in [0.4, 0.5) is 0 Å². The summed E-state index contributed by atoms with van der Waals surface area (Å²) in [6, 6.07) is 0. The predicted molar refractivity (Wildman–Crippen MR) is 158 cm³/mol. The van der Waals surface area contributed by atoms with Crippen LogP contribution in [0.2, 0.25) is 30.1 Å². The molecule has 0 spiro atoms. The van der Waals surface area contributed by atoms with Gasteiger partial charge in [0.2, 0.25) is 0 Å². The molecule has 0 aliphatic rings. The highest BCUT2D eigenvalue weighted by molar-refractivity contribution is 7.15. The largest absolute Gasteiger partial charge is 0.150 e. The van der Waals surface area contributed by atoms with Gasteiger partial charge in [-0.1, -0.05) is 132 Å². The van der Waals surface area contributed by atoms with E-state index in [1.807, 2.05) is 0 Å². The van der Waals surface area contributed by atoms with Crippen molar-refractivity contribution in [2.45, 2.75) is 65.2 Å². The van der Waals surface area contributed by atoms with E-state index in [2.05, 4.69) is 34.2 Å². The zero-order valence-electron chi connectivity index (χ0n) is 19.5. The Morgan fingerprint density at radius 3 is 1.28 bits per heavy atom. The Morgan fingerprint density at radius 1 is 0.500 bits per heavy atom. The van der Waals surface area contributed by atoms with Crippen LogP contribution in [0.25, 0.3) is 31.9 Å². The van der Waals surface area contributed by atoms with Gasteiger partial charge in [0.15, 0.2) is 10.0 Å². The van der Waals surface area contributed by atoms with E-state index in [1.165, 1.54) is 22.7 Å². The zero-order valence-corrected chi connectivity index (χ0v) is 25.7. The molecule has 0 fully saturated rings. The van der Waals surface area contributed by atoms with E-state index < -0.39 is 0 Å². The lowest BCUT2D eigenvalue weighted by molar-refractivity contribution is 0.710. The number of fused-ring (bicyclic) bond motifs is 1. The van der Waals surface area contributed by atoms with Gasteiger partial charge in [0.25, 0.3) is 0 Å². The van der Waals surface area contributed by atoms with E-state index in [-0.39, 0.29) is 30.1 Å². The number of halogens is 6. The van der Waals surface area contributed by atoms with Crippen molar-refractivity contribution in [2.24, 2.45) is 0 Å². The molecular formula is C24H22Cl6N4S2. The molecule has 0 saturated carbocycles. The molecule has 0 aliphatic heterocycles. The van der Waals surface area contributed by atoms with Crippen LogP contribution in [0.5, 0.6) is 0 Å². The van der Waals surface area contributed by atoms with E-state index in [0.717, 1.165) is 61.4 Å². The topological polar surface area (TPSA) is 51.6 Å². The molecule has 0 unspecified atom stereocenters. The van der Waals surface area contributed by atoms with Crippen molar-refractivity contribution < 1.29 is 0 Å². The molecule has 0 N–H and O–H groups in total. The lowest BCUT2D eigenvalue weighted by atomic mass is 10.0. The lowest BCUT2D eigenvalue weighted by Crippen LogP contribution is -1.92. The minimum atomic E-state index is 0.201. The molecule has 2 heterocycles. The van der Waals surface area contributed by atoms with Crippen molar-refractivity contribution in [3.8, 4) is 21.1 Å². The molecule has 0 bridgehead atoms. The van der Waals surface area contributed by atoms with Crippen LogP contribution in [-0.2, 0) is 12.8 Å². The maximum absolute atomic E-state index is 6.95. The third kappa shape index (κ3) is 5.62. The summed E-state index contributed by atoms with van der Waals surface area (Å²) >= 11 is 43.6. The first-order valence-corrected chi connectivity index (χ1v) is 15.5. The van der Waals surface area contributed by atoms with Crippen molar-refractivity contribution in [1.82, 2.24) is 20.4 Å². The summed E-state index contributed by atoms with van der Waals surface area (Å²) in [5.41, 5.74) is 0.942. The van der Waals surface area contributed by atoms with Crippen LogP contribution in [0.15, 0.2) is 0 Å². The Labute approximate surface area is 248 Å². The number of hydrogen-bond donors (Lipinski definition) is 0. The smallest absolute Gasteiger partial charge is 0.143 e. The molecule has 36 heavy (non-hydrogen) atoms. The Morgan fingerprint density at radius 2 is 0.889 bits per heavy atom. The molecule has 192 valence electrons. The van der Waals surface area contributed by atoms with Gasteiger partial charge in [-0.15, -0.1) is 20.4 Å². The first-order valence-electron chi connectivity index (χ1n) is 11.6. The molecule has 4 nitrogen and oxygen atoms in total. The number of hydrogen-bond acceptors (Lipinski definition) is 6. The highest BCUT2D eigenvalue weighted by Crippen LogP contribution is 2.54. The van der Waals surface area contributed by atoms with Crippen LogP contribution in [0.1, 0.15) is 62.4 Å². The number of benzene rings is 2. The van der Waals surface area contributed by atoms with Gasteiger partial charge >= 0.3 is 0 Å². The number of aryl methyl sites for hydroxylation is 2. The SMILES string of the molecule is CCCCCc1nnc(-c2c(Cl)c(Cl)c3c(Cl)c(Cl)c(-c4nnc(CCCCC)s4)c(Cl)c3c2Cl)s1. The summed E-state index contributed by atoms with van der Waals surface area (Å²) in [6.07, 6.45) is 8.26. The van der Waals surface area contributed by atoms with Gasteiger partial charge in [-0.2, -0.15) is 0 Å². The number of unbranched alkanes of at least 4 members (excludes halogenated alkanes) is 4. The van der Waals surface area contributed by atoms with Gasteiger partial charge in [0.05, 0.1) is 41.3 Å². The van der Waals surface area contributed by atoms with Gasteiger partial charge in [-0.05, 0) is 12.8 Å².